The van der Waals surface area contributed by atoms with Crippen LogP contribution in [0.25, 0.3) is 20.8 Å². The molecule has 0 spiro atoms. The lowest BCUT2D eigenvalue weighted by atomic mass is 9.78. The summed E-state index contributed by atoms with van der Waals surface area (Å²) in [5.41, 5.74) is 2.04. The number of ether oxygens (including phenoxy) is 1. The standard InChI is InChI=1S/C24H26N2O3S/c1-15-8-7-12-19(16(15)2)25-22(27)14-29-24(28)18-10-4-3-9-17(18)23-26-20-11-5-6-13-21(20)30-23/h3-6,9-11,13,15-16,19H,7-8,12,14H2,1-2H3,(H,25,27). The van der Waals surface area contributed by atoms with Crippen LogP contribution in [0, 0.1) is 11.8 Å². The first-order valence-corrected chi connectivity index (χ1v) is 11.3. The molecule has 3 aromatic rings. The van der Waals surface area contributed by atoms with Gasteiger partial charge in [0.25, 0.3) is 5.91 Å². The van der Waals surface area contributed by atoms with Gasteiger partial charge in [0.15, 0.2) is 6.61 Å². The lowest BCUT2D eigenvalue weighted by molar-refractivity contribution is -0.125. The molecule has 1 fully saturated rings. The molecule has 5 nitrogen and oxygen atoms in total. The monoisotopic (exact) mass is 422 g/mol. The second-order valence-electron chi connectivity index (χ2n) is 8.05. The minimum atomic E-state index is -0.509. The Hall–Kier alpha value is -2.73. The van der Waals surface area contributed by atoms with Crippen molar-refractivity contribution in [2.75, 3.05) is 6.61 Å². The fraction of sp³-hybridized carbons (Fsp3) is 0.375. The Morgan fingerprint density at radius 2 is 1.87 bits per heavy atom. The number of hydrogen-bond acceptors (Lipinski definition) is 5. The predicted molar refractivity (Wildman–Crippen MR) is 119 cm³/mol. The topological polar surface area (TPSA) is 68.3 Å². The molecule has 3 unspecified atom stereocenters. The number of para-hydroxylation sites is 1. The Balaban J connectivity index is 1.43. The Morgan fingerprint density at radius 3 is 2.70 bits per heavy atom. The van der Waals surface area contributed by atoms with Gasteiger partial charge < -0.3 is 10.1 Å². The van der Waals surface area contributed by atoms with Gasteiger partial charge in [0.2, 0.25) is 0 Å². The molecule has 0 aliphatic heterocycles. The third-order valence-electron chi connectivity index (χ3n) is 6.06. The van der Waals surface area contributed by atoms with Crippen LogP contribution in [0.4, 0.5) is 0 Å². The van der Waals surface area contributed by atoms with Gasteiger partial charge in [-0.25, -0.2) is 9.78 Å². The minimum absolute atomic E-state index is 0.148. The second-order valence-corrected chi connectivity index (χ2v) is 9.08. The van der Waals surface area contributed by atoms with Gasteiger partial charge in [0, 0.05) is 11.6 Å². The largest absolute Gasteiger partial charge is 0.452 e. The average molecular weight is 423 g/mol. The normalized spacial score (nSPS) is 21.3. The number of benzene rings is 2. The Kier molecular flexibility index (Phi) is 6.13. The summed E-state index contributed by atoms with van der Waals surface area (Å²) in [6.07, 6.45) is 3.29. The molecule has 1 aliphatic rings. The first-order valence-electron chi connectivity index (χ1n) is 10.4. The van der Waals surface area contributed by atoms with Crippen LogP contribution in [-0.2, 0) is 9.53 Å². The summed E-state index contributed by atoms with van der Waals surface area (Å²) in [6, 6.07) is 15.3. The number of rotatable bonds is 5. The van der Waals surface area contributed by atoms with Gasteiger partial charge in [-0.1, -0.05) is 57.0 Å². The molecule has 2 aromatic carbocycles. The molecule has 3 atom stereocenters. The van der Waals surface area contributed by atoms with Crippen LogP contribution in [0.5, 0.6) is 0 Å². The molecule has 1 aliphatic carbocycles. The maximum Gasteiger partial charge on any atom is 0.339 e. The number of carbonyl (C=O) groups excluding carboxylic acids is 2. The summed E-state index contributed by atoms with van der Waals surface area (Å²) in [7, 11) is 0. The summed E-state index contributed by atoms with van der Waals surface area (Å²) in [6.45, 7) is 4.13. The zero-order valence-corrected chi connectivity index (χ0v) is 18.1. The number of carbonyl (C=O) groups is 2. The number of amides is 1. The third-order valence-corrected chi connectivity index (χ3v) is 7.13. The second kappa shape index (κ2) is 8.96. The fourth-order valence-corrected chi connectivity index (χ4v) is 5.08. The van der Waals surface area contributed by atoms with Crippen molar-refractivity contribution in [3.8, 4) is 10.6 Å². The molecule has 1 N–H and O–H groups in total. The van der Waals surface area contributed by atoms with E-state index in [0.717, 1.165) is 33.6 Å². The number of hydrogen-bond donors (Lipinski definition) is 1. The highest BCUT2D eigenvalue weighted by Gasteiger charge is 2.28. The maximum atomic E-state index is 12.7. The summed E-state index contributed by atoms with van der Waals surface area (Å²) in [4.78, 5) is 29.8. The molecule has 1 aromatic heterocycles. The van der Waals surface area contributed by atoms with Gasteiger partial charge in [-0.2, -0.15) is 0 Å². The highest BCUT2D eigenvalue weighted by Crippen LogP contribution is 2.32. The van der Waals surface area contributed by atoms with Gasteiger partial charge >= 0.3 is 5.97 Å². The first kappa shape index (κ1) is 20.5. The van der Waals surface area contributed by atoms with Gasteiger partial charge in [-0.3, -0.25) is 4.79 Å². The maximum absolute atomic E-state index is 12.7. The third kappa shape index (κ3) is 4.38. The molecule has 1 amide bonds. The van der Waals surface area contributed by atoms with Crippen LogP contribution in [0.1, 0.15) is 43.5 Å². The SMILES string of the molecule is CC1CCCC(NC(=O)COC(=O)c2ccccc2-c2nc3ccccc3s2)C1C. The molecule has 156 valence electrons. The Labute approximate surface area is 180 Å². The van der Waals surface area contributed by atoms with E-state index in [1.54, 1.807) is 12.1 Å². The van der Waals surface area contributed by atoms with Crippen molar-refractivity contribution in [3.63, 3.8) is 0 Å². The number of aromatic nitrogens is 1. The summed E-state index contributed by atoms with van der Waals surface area (Å²) >= 11 is 1.53. The van der Waals surface area contributed by atoms with E-state index in [-0.39, 0.29) is 18.6 Å². The number of nitrogens with zero attached hydrogens (tertiary/aromatic N) is 1. The van der Waals surface area contributed by atoms with E-state index >= 15 is 0 Å². The van der Waals surface area contributed by atoms with Crippen LogP contribution < -0.4 is 5.32 Å². The highest BCUT2D eigenvalue weighted by atomic mass is 32.1. The van der Waals surface area contributed by atoms with Crippen molar-refractivity contribution >= 4 is 33.4 Å². The molecule has 4 rings (SSSR count). The molecular formula is C24H26N2O3S. The molecule has 30 heavy (non-hydrogen) atoms. The smallest absolute Gasteiger partial charge is 0.339 e. The van der Waals surface area contributed by atoms with Crippen molar-refractivity contribution in [1.29, 1.82) is 0 Å². The number of esters is 1. The van der Waals surface area contributed by atoms with E-state index in [2.05, 4.69) is 24.1 Å². The van der Waals surface area contributed by atoms with Crippen LogP contribution in [0.15, 0.2) is 48.5 Å². The molecule has 0 radical (unpaired) electrons. The zero-order valence-electron chi connectivity index (χ0n) is 17.3. The molecule has 6 heteroatoms. The molecule has 1 saturated carbocycles. The molecule has 0 bridgehead atoms. The van der Waals surface area contributed by atoms with E-state index in [4.69, 9.17) is 4.74 Å². The van der Waals surface area contributed by atoms with Crippen molar-refractivity contribution < 1.29 is 14.3 Å². The van der Waals surface area contributed by atoms with E-state index in [9.17, 15) is 9.59 Å². The minimum Gasteiger partial charge on any atom is -0.452 e. The summed E-state index contributed by atoms with van der Waals surface area (Å²) < 4.78 is 6.42. The van der Waals surface area contributed by atoms with E-state index in [1.807, 2.05) is 36.4 Å². The van der Waals surface area contributed by atoms with Gasteiger partial charge in [-0.15, -0.1) is 11.3 Å². The number of nitrogens with one attached hydrogen (secondary N) is 1. The highest BCUT2D eigenvalue weighted by molar-refractivity contribution is 7.21. The van der Waals surface area contributed by atoms with Crippen molar-refractivity contribution in [2.24, 2.45) is 11.8 Å². The molecule has 0 saturated heterocycles. The number of fused-ring (bicyclic) bond motifs is 1. The van der Waals surface area contributed by atoms with Gasteiger partial charge in [0.1, 0.15) is 5.01 Å². The molecule has 1 heterocycles. The lowest BCUT2D eigenvalue weighted by Crippen LogP contribution is -2.45. The fourth-order valence-electron chi connectivity index (χ4n) is 4.08. The predicted octanol–water partition coefficient (Wildman–Crippen LogP) is 5.06. The number of thiazole rings is 1. The van der Waals surface area contributed by atoms with E-state index in [0.29, 0.717) is 17.4 Å². The van der Waals surface area contributed by atoms with Crippen molar-refractivity contribution in [3.05, 3.63) is 54.1 Å². The van der Waals surface area contributed by atoms with Crippen molar-refractivity contribution in [2.45, 2.75) is 39.2 Å². The summed E-state index contributed by atoms with van der Waals surface area (Å²) in [5, 5.41) is 3.81. The van der Waals surface area contributed by atoms with Gasteiger partial charge in [-0.05, 0) is 36.5 Å². The van der Waals surface area contributed by atoms with Crippen LogP contribution in [0.3, 0.4) is 0 Å². The first-order chi connectivity index (χ1) is 14.5. The van der Waals surface area contributed by atoms with Crippen LogP contribution >= 0.6 is 11.3 Å². The van der Waals surface area contributed by atoms with Gasteiger partial charge in [0.05, 0.1) is 15.8 Å². The Bertz CT molecular complexity index is 1030. The molecular weight excluding hydrogens is 396 g/mol. The lowest BCUT2D eigenvalue weighted by Gasteiger charge is -2.34. The van der Waals surface area contributed by atoms with Crippen LogP contribution in [0.2, 0.25) is 0 Å². The quantitative estimate of drug-likeness (QED) is 0.584. The summed E-state index contributed by atoms with van der Waals surface area (Å²) in [5.74, 6) is 0.266. The Morgan fingerprint density at radius 1 is 1.10 bits per heavy atom. The van der Waals surface area contributed by atoms with E-state index in [1.165, 1.54) is 17.8 Å². The average Bonchev–Trinajstić information content (AvgIpc) is 3.19. The van der Waals surface area contributed by atoms with Crippen molar-refractivity contribution in [1.82, 2.24) is 10.3 Å². The zero-order chi connectivity index (χ0) is 21.1. The van der Waals surface area contributed by atoms with Crippen LogP contribution in [-0.4, -0.2) is 29.5 Å². The van der Waals surface area contributed by atoms with E-state index < -0.39 is 5.97 Å².